The number of hydrogen-bond donors (Lipinski definition) is 2. The van der Waals surface area contributed by atoms with Gasteiger partial charge >= 0.3 is 0 Å². The predicted octanol–water partition coefficient (Wildman–Crippen LogP) is 2.24. The number of nitrogens with two attached hydrogens (primary N) is 1. The normalized spacial score (nSPS) is 19.3. The van der Waals surface area contributed by atoms with Gasteiger partial charge in [0.05, 0.1) is 4.90 Å². The molecule has 1 aromatic rings. The molecule has 3 N–H and O–H groups in total. The first-order valence-corrected chi connectivity index (χ1v) is 7.68. The summed E-state index contributed by atoms with van der Waals surface area (Å²) in [6, 6.07) is 5.48. The highest BCUT2D eigenvalue weighted by atomic mass is 32.2. The van der Waals surface area contributed by atoms with Crippen molar-refractivity contribution in [3.63, 3.8) is 0 Å². The summed E-state index contributed by atoms with van der Waals surface area (Å²) in [6.07, 6.45) is 2.43. The Bertz CT molecular complexity index is 562. The lowest BCUT2D eigenvalue weighted by Gasteiger charge is -2.23. The zero-order valence-corrected chi connectivity index (χ0v) is 11.8. The molecule has 100 valence electrons. The van der Waals surface area contributed by atoms with E-state index in [9.17, 15) is 8.42 Å². The van der Waals surface area contributed by atoms with Crippen molar-refractivity contribution in [3.8, 4) is 0 Å². The number of nitrogens with one attached hydrogen (secondary N) is 1. The fourth-order valence-electron chi connectivity index (χ4n) is 2.12. The first-order valence-electron chi connectivity index (χ1n) is 6.13. The quantitative estimate of drug-likeness (QED) is 0.879. The number of anilines is 1. The van der Waals surface area contributed by atoms with Crippen molar-refractivity contribution < 1.29 is 8.42 Å². The summed E-state index contributed by atoms with van der Waals surface area (Å²) in [5.41, 5.74) is 1.88. The van der Waals surface area contributed by atoms with Crippen LogP contribution in [0, 0.1) is 12.3 Å². The maximum absolute atomic E-state index is 11.5. The molecule has 1 aliphatic carbocycles. The number of primary sulfonamides is 1. The summed E-state index contributed by atoms with van der Waals surface area (Å²) in [5.74, 6) is 0. The summed E-state index contributed by atoms with van der Waals surface area (Å²) in [7, 11) is -3.65. The molecule has 2 rings (SSSR count). The second-order valence-corrected chi connectivity index (χ2v) is 7.02. The van der Waals surface area contributed by atoms with Gasteiger partial charge in [0, 0.05) is 11.7 Å². The Balaban J connectivity index is 2.29. The van der Waals surface area contributed by atoms with Gasteiger partial charge in [-0.15, -0.1) is 0 Å². The van der Waals surface area contributed by atoms with Crippen LogP contribution >= 0.6 is 0 Å². The number of benzene rings is 1. The minimum atomic E-state index is -3.65. The molecule has 0 heterocycles. The standard InChI is InChI=1S/C13H20N2O2S/c1-9-11(15-10(2)13(3)7-8-13)5-4-6-12(9)18(14,16)17/h4-6,10,15H,7-8H2,1-3H3,(H2,14,16,17). The highest BCUT2D eigenvalue weighted by Gasteiger charge is 2.42. The van der Waals surface area contributed by atoms with E-state index in [0.29, 0.717) is 17.0 Å². The molecule has 0 radical (unpaired) electrons. The average molecular weight is 268 g/mol. The van der Waals surface area contributed by atoms with E-state index in [0.717, 1.165) is 5.69 Å². The van der Waals surface area contributed by atoms with Gasteiger partial charge in [0.25, 0.3) is 0 Å². The lowest BCUT2D eigenvalue weighted by atomic mass is 10.00. The Morgan fingerprint density at radius 2 is 2.00 bits per heavy atom. The van der Waals surface area contributed by atoms with Crippen molar-refractivity contribution in [1.82, 2.24) is 0 Å². The Kier molecular flexibility index (Phi) is 3.15. The summed E-state index contributed by atoms with van der Waals surface area (Å²) in [6.45, 7) is 6.16. The van der Waals surface area contributed by atoms with E-state index in [-0.39, 0.29) is 4.90 Å². The van der Waals surface area contributed by atoms with Crippen LogP contribution in [0.25, 0.3) is 0 Å². The van der Waals surface area contributed by atoms with Gasteiger partial charge < -0.3 is 5.32 Å². The summed E-state index contributed by atoms with van der Waals surface area (Å²) < 4.78 is 22.9. The van der Waals surface area contributed by atoms with E-state index in [1.165, 1.54) is 12.8 Å². The fourth-order valence-corrected chi connectivity index (χ4v) is 2.92. The topological polar surface area (TPSA) is 72.2 Å². The van der Waals surface area contributed by atoms with Crippen LogP contribution in [-0.2, 0) is 10.0 Å². The minimum absolute atomic E-state index is 0.195. The van der Waals surface area contributed by atoms with Crippen LogP contribution in [0.2, 0.25) is 0 Å². The van der Waals surface area contributed by atoms with Gasteiger partial charge in [-0.2, -0.15) is 0 Å². The molecule has 1 fully saturated rings. The zero-order chi connectivity index (χ0) is 13.6. The lowest BCUT2D eigenvalue weighted by Crippen LogP contribution is -2.25. The molecule has 0 amide bonds. The molecule has 0 aromatic heterocycles. The Labute approximate surface area is 109 Å². The lowest BCUT2D eigenvalue weighted by molar-refractivity contribution is 0.493. The Hall–Kier alpha value is -1.07. The molecular weight excluding hydrogens is 248 g/mol. The van der Waals surface area contributed by atoms with Crippen molar-refractivity contribution in [2.24, 2.45) is 10.6 Å². The SMILES string of the molecule is Cc1c(NC(C)C2(C)CC2)cccc1S(N)(=O)=O. The molecule has 0 bridgehead atoms. The van der Waals surface area contributed by atoms with E-state index in [1.807, 2.05) is 6.07 Å². The Morgan fingerprint density at radius 3 is 2.50 bits per heavy atom. The van der Waals surface area contributed by atoms with Crippen LogP contribution < -0.4 is 10.5 Å². The maximum atomic E-state index is 11.5. The maximum Gasteiger partial charge on any atom is 0.238 e. The first-order chi connectivity index (χ1) is 8.24. The van der Waals surface area contributed by atoms with Crippen LogP contribution in [0.3, 0.4) is 0 Å². The van der Waals surface area contributed by atoms with E-state index in [2.05, 4.69) is 19.2 Å². The van der Waals surface area contributed by atoms with Crippen LogP contribution in [-0.4, -0.2) is 14.5 Å². The fraction of sp³-hybridized carbons (Fsp3) is 0.538. The third kappa shape index (κ3) is 2.52. The summed E-state index contributed by atoms with van der Waals surface area (Å²) in [5, 5.41) is 8.60. The van der Waals surface area contributed by atoms with Crippen molar-refractivity contribution >= 4 is 15.7 Å². The molecule has 18 heavy (non-hydrogen) atoms. The molecule has 4 nitrogen and oxygen atoms in total. The van der Waals surface area contributed by atoms with Gasteiger partial charge in [-0.25, -0.2) is 13.6 Å². The highest BCUT2D eigenvalue weighted by Crippen LogP contribution is 2.49. The van der Waals surface area contributed by atoms with Crippen LogP contribution in [0.4, 0.5) is 5.69 Å². The average Bonchev–Trinajstić information content (AvgIpc) is 2.99. The second-order valence-electron chi connectivity index (χ2n) is 5.49. The smallest absolute Gasteiger partial charge is 0.238 e. The van der Waals surface area contributed by atoms with Crippen LogP contribution in [0.15, 0.2) is 23.1 Å². The zero-order valence-electron chi connectivity index (χ0n) is 11.0. The second kappa shape index (κ2) is 4.24. The summed E-state index contributed by atoms with van der Waals surface area (Å²) in [4.78, 5) is 0.195. The third-order valence-corrected chi connectivity index (χ3v) is 5.10. The minimum Gasteiger partial charge on any atom is -0.382 e. The molecule has 0 spiro atoms. The van der Waals surface area contributed by atoms with Gasteiger partial charge in [-0.05, 0) is 49.8 Å². The van der Waals surface area contributed by atoms with Gasteiger partial charge in [0.2, 0.25) is 10.0 Å². The van der Waals surface area contributed by atoms with Crippen molar-refractivity contribution in [2.45, 2.75) is 44.6 Å². The molecule has 1 aromatic carbocycles. The number of rotatable bonds is 4. The van der Waals surface area contributed by atoms with Crippen molar-refractivity contribution in [1.29, 1.82) is 0 Å². The van der Waals surface area contributed by atoms with E-state index >= 15 is 0 Å². The molecule has 0 saturated heterocycles. The van der Waals surface area contributed by atoms with Crippen molar-refractivity contribution in [2.75, 3.05) is 5.32 Å². The predicted molar refractivity (Wildman–Crippen MR) is 73.0 cm³/mol. The van der Waals surface area contributed by atoms with E-state index in [1.54, 1.807) is 19.1 Å². The molecule has 1 atom stereocenters. The summed E-state index contributed by atoms with van der Waals surface area (Å²) >= 11 is 0. The van der Waals surface area contributed by atoms with E-state index in [4.69, 9.17) is 5.14 Å². The number of sulfonamides is 1. The monoisotopic (exact) mass is 268 g/mol. The molecule has 1 saturated carbocycles. The largest absolute Gasteiger partial charge is 0.382 e. The van der Waals surface area contributed by atoms with Crippen LogP contribution in [0.5, 0.6) is 0 Å². The molecule has 1 unspecified atom stereocenters. The molecular formula is C13H20N2O2S. The van der Waals surface area contributed by atoms with Gasteiger partial charge in [0.1, 0.15) is 0 Å². The van der Waals surface area contributed by atoms with Gasteiger partial charge in [-0.3, -0.25) is 0 Å². The molecule has 1 aliphatic rings. The Morgan fingerprint density at radius 1 is 1.39 bits per heavy atom. The molecule has 0 aliphatic heterocycles. The number of hydrogen-bond acceptors (Lipinski definition) is 3. The highest BCUT2D eigenvalue weighted by molar-refractivity contribution is 7.89. The molecule has 5 heteroatoms. The van der Waals surface area contributed by atoms with Gasteiger partial charge in [-0.1, -0.05) is 13.0 Å². The third-order valence-electron chi connectivity index (χ3n) is 4.05. The van der Waals surface area contributed by atoms with Gasteiger partial charge in [0.15, 0.2) is 0 Å². The first kappa shape index (κ1) is 13.4. The van der Waals surface area contributed by atoms with Crippen LogP contribution in [0.1, 0.15) is 32.3 Å². The van der Waals surface area contributed by atoms with E-state index < -0.39 is 10.0 Å². The van der Waals surface area contributed by atoms with Crippen molar-refractivity contribution in [3.05, 3.63) is 23.8 Å².